The molecule has 2 aromatic rings. The van der Waals surface area contributed by atoms with Gasteiger partial charge in [0.05, 0.1) is 0 Å². The number of rotatable bonds is 8. The third-order valence-electron chi connectivity index (χ3n) is 3.72. The van der Waals surface area contributed by atoms with E-state index >= 15 is 0 Å². The number of carbonyl (C=O) groups excluding carboxylic acids is 2. The van der Waals surface area contributed by atoms with Gasteiger partial charge in [-0.05, 0) is 61.7 Å². The van der Waals surface area contributed by atoms with Crippen LogP contribution in [0.1, 0.15) is 20.8 Å². The summed E-state index contributed by atoms with van der Waals surface area (Å²) in [6.07, 6.45) is 0. The van der Waals surface area contributed by atoms with Gasteiger partial charge in [-0.15, -0.1) is 0 Å². The second kappa shape index (κ2) is 9.55. The highest BCUT2D eigenvalue weighted by atomic mass is 16.6. The number of carbonyl (C=O) groups is 2. The molecule has 29 heavy (non-hydrogen) atoms. The summed E-state index contributed by atoms with van der Waals surface area (Å²) < 4.78 is 16.3. The van der Waals surface area contributed by atoms with Gasteiger partial charge < -0.3 is 14.2 Å². The van der Waals surface area contributed by atoms with Gasteiger partial charge in [0.25, 0.3) is 0 Å². The Balaban J connectivity index is 2.31. The van der Waals surface area contributed by atoms with E-state index in [1.807, 2.05) is 13.0 Å². The van der Waals surface area contributed by atoms with Gasteiger partial charge in [-0.1, -0.05) is 37.9 Å². The summed E-state index contributed by atoms with van der Waals surface area (Å²) in [6, 6.07) is 12.3. The highest BCUT2D eigenvalue weighted by molar-refractivity contribution is 5.90. The van der Waals surface area contributed by atoms with Crippen LogP contribution in [-0.4, -0.2) is 18.5 Å². The van der Waals surface area contributed by atoms with Crippen LogP contribution in [0.2, 0.25) is 0 Å². The van der Waals surface area contributed by atoms with Gasteiger partial charge >= 0.3 is 11.9 Å². The molecular weight excluding hydrogens is 368 g/mol. The zero-order valence-electron chi connectivity index (χ0n) is 16.9. The maximum Gasteiger partial charge on any atom is 0.338 e. The molecule has 0 heterocycles. The lowest BCUT2D eigenvalue weighted by molar-refractivity contribution is -0.131. The minimum atomic E-state index is -0.538. The molecule has 0 bridgehead atoms. The van der Waals surface area contributed by atoms with E-state index in [1.165, 1.54) is 0 Å². The van der Waals surface area contributed by atoms with Gasteiger partial charge in [0, 0.05) is 11.1 Å². The Morgan fingerprint density at radius 3 is 1.86 bits per heavy atom. The predicted octanol–water partition coefficient (Wildman–Crippen LogP) is 5.27. The topological polar surface area (TPSA) is 61.8 Å². The van der Waals surface area contributed by atoms with E-state index in [2.05, 4.69) is 19.7 Å². The first-order valence-electron chi connectivity index (χ1n) is 8.94. The van der Waals surface area contributed by atoms with Gasteiger partial charge in [-0.25, -0.2) is 9.59 Å². The van der Waals surface area contributed by atoms with Crippen molar-refractivity contribution in [3.05, 3.63) is 78.9 Å². The number of esters is 2. The number of hydrogen-bond acceptors (Lipinski definition) is 5. The molecule has 0 aliphatic carbocycles. The molecule has 0 saturated heterocycles. The maximum atomic E-state index is 12.0. The van der Waals surface area contributed by atoms with Crippen molar-refractivity contribution in [2.45, 2.75) is 20.8 Å². The summed E-state index contributed by atoms with van der Waals surface area (Å²) in [4.78, 5) is 23.6. The van der Waals surface area contributed by atoms with Crippen LogP contribution in [0.15, 0.2) is 78.9 Å². The van der Waals surface area contributed by atoms with Crippen molar-refractivity contribution in [1.82, 2.24) is 0 Å². The van der Waals surface area contributed by atoms with Crippen LogP contribution in [0.3, 0.4) is 0 Å². The Morgan fingerprint density at radius 2 is 1.31 bits per heavy atom. The van der Waals surface area contributed by atoms with Crippen LogP contribution in [0.5, 0.6) is 17.2 Å². The Bertz CT molecular complexity index is 967. The van der Waals surface area contributed by atoms with E-state index < -0.39 is 11.9 Å². The second-order valence-corrected chi connectivity index (χ2v) is 6.77. The number of benzene rings is 2. The SMILES string of the molecule is C=C(C)COc1ccc(-c2ccc(OC(=O)C(=C)C)cc2)cc1OC(=O)C(=C)C. The summed E-state index contributed by atoms with van der Waals surface area (Å²) in [6.45, 7) is 16.3. The third kappa shape index (κ3) is 6.21. The summed E-state index contributed by atoms with van der Waals surface area (Å²) >= 11 is 0. The highest BCUT2D eigenvalue weighted by Gasteiger charge is 2.14. The quantitative estimate of drug-likeness (QED) is 0.265. The van der Waals surface area contributed by atoms with Crippen LogP contribution in [0.4, 0.5) is 0 Å². The summed E-state index contributed by atoms with van der Waals surface area (Å²) in [5, 5.41) is 0. The molecule has 0 aromatic heterocycles. The zero-order valence-corrected chi connectivity index (χ0v) is 16.9. The van der Waals surface area contributed by atoms with Gasteiger partial charge in [0.2, 0.25) is 0 Å². The molecule has 0 atom stereocenters. The van der Waals surface area contributed by atoms with Crippen molar-refractivity contribution in [3.8, 4) is 28.4 Å². The van der Waals surface area contributed by atoms with Gasteiger partial charge in [-0.2, -0.15) is 0 Å². The van der Waals surface area contributed by atoms with E-state index in [0.29, 0.717) is 23.7 Å². The Kier molecular flexibility index (Phi) is 7.15. The molecule has 2 rings (SSSR count). The standard InChI is InChI=1S/C24H24O5/c1-15(2)14-27-21-12-9-19(13-22(21)29-24(26)17(5)6)18-7-10-20(11-8-18)28-23(25)16(3)4/h7-13H,1,3,5,14H2,2,4,6H3. The van der Waals surface area contributed by atoms with Gasteiger partial charge in [0.1, 0.15) is 12.4 Å². The minimum absolute atomic E-state index is 0.282. The van der Waals surface area contributed by atoms with Crippen molar-refractivity contribution in [2.24, 2.45) is 0 Å². The first-order chi connectivity index (χ1) is 13.7. The van der Waals surface area contributed by atoms with E-state index in [1.54, 1.807) is 50.2 Å². The van der Waals surface area contributed by atoms with E-state index in [4.69, 9.17) is 14.2 Å². The lowest BCUT2D eigenvalue weighted by Gasteiger charge is -2.14. The molecule has 5 nitrogen and oxygen atoms in total. The number of ether oxygens (including phenoxy) is 3. The van der Waals surface area contributed by atoms with Crippen molar-refractivity contribution >= 4 is 11.9 Å². The summed E-state index contributed by atoms with van der Waals surface area (Å²) in [5.41, 5.74) is 3.09. The molecule has 0 spiro atoms. The molecule has 0 amide bonds. The van der Waals surface area contributed by atoms with Crippen molar-refractivity contribution < 1.29 is 23.8 Å². The number of hydrogen-bond donors (Lipinski definition) is 0. The molecular formula is C24H24O5. The van der Waals surface area contributed by atoms with E-state index in [0.717, 1.165) is 16.7 Å². The molecule has 150 valence electrons. The third-order valence-corrected chi connectivity index (χ3v) is 3.72. The minimum Gasteiger partial charge on any atom is -0.485 e. The molecule has 0 aliphatic rings. The van der Waals surface area contributed by atoms with Crippen LogP contribution in [0, 0.1) is 0 Å². The fourth-order valence-electron chi connectivity index (χ4n) is 2.18. The normalized spacial score (nSPS) is 10.0. The zero-order chi connectivity index (χ0) is 21.6. The van der Waals surface area contributed by atoms with Crippen LogP contribution in [0.25, 0.3) is 11.1 Å². The van der Waals surface area contributed by atoms with Crippen LogP contribution >= 0.6 is 0 Å². The Hall–Kier alpha value is -3.60. The van der Waals surface area contributed by atoms with Crippen molar-refractivity contribution in [3.63, 3.8) is 0 Å². The van der Waals surface area contributed by atoms with E-state index in [-0.39, 0.29) is 11.3 Å². The first-order valence-corrected chi connectivity index (χ1v) is 8.94. The molecule has 0 fully saturated rings. The average molecular weight is 392 g/mol. The molecule has 2 aromatic carbocycles. The first kappa shape index (κ1) is 21.7. The fourth-order valence-corrected chi connectivity index (χ4v) is 2.18. The Labute approximate surface area is 170 Å². The van der Waals surface area contributed by atoms with Gasteiger partial charge in [0.15, 0.2) is 11.5 Å². The summed E-state index contributed by atoms with van der Waals surface area (Å²) in [5.74, 6) is 0.111. The lowest BCUT2D eigenvalue weighted by Crippen LogP contribution is -2.10. The largest absolute Gasteiger partial charge is 0.485 e. The van der Waals surface area contributed by atoms with Crippen LogP contribution < -0.4 is 14.2 Å². The monoisotopic (exact) mass is 392 g/mol. The van der Waals surface area contributed by atoms with Crippen molar-refractivity contribution in [1.29, 1.82) is 0 Å². The van der Waals surface area contributed by atoms with E-state index in [9.17, 15) is 9.59 Å². The molecule has 0 N–H and O–H groups in total. The van der Waals surface area contributed by atoms with Crippen molar-refractivity contribution in [2.75, 3.05) is 6.61 Å². The lowest BCUT2D eigenvalue weighted by atomic mass is 10.0. The molecule has 0 radical (unpaired) electrons. The maximum absolute atomic E-state index is 12.0. The Morgan fingerprint density at radius 1 is 0.759 bits per heavy atom. The molecule has 0 aliphatic heterocycles. The fraction of sp³-hybridized carbons (Fsp3) is 0.167. The predicted molar refractivity (Wildman–Crippen MR) is 113 cm³/mol. The highest BCUT2D eigenvalue weighted by Crippen LogP contribution is 2.34. The molecule has 5 heteroatoms. The second-order valence-electron chi connectivity index (χ2n) is 6.77. The van der Waals surface area contributed by atoms with Gasteiger partial charge in [-0.3, -0.25) is 0 Å². The van der Waals surface area contributed by atoms with Crippen LogP contribution in [-0.2, 0) is 9.59 Å². The molecule has 0 saturated carbocycles. The molecule has 0 unspecified atom stereocenters. The smallest absolute Gasteiger partial charge is 0.338 e. The average Bonchev–Trinajstić information content (AvgIpc) is 2.67. The summed E-state index contributed by atoms with van der Waals surface area (Å²) in [7, 11) is 0.